The molecule has 1 unspecified atom stereocenters. The molecule has 2 rings (SSSR count). The molecule has 1 saturated carbocycles. The Morgan fingerprint density at radius 1 is 1.26 bits per heavy atom. The zero-order valence-electron chi connectivity index (χ0n) is 14.2. The van der Waals surface area contributed by atoms with Crippen molar-refractivity contribution in [1.82, 2.24) is 10.2 Å². The van der Waals surface area contributed by atoms with E-state index in [1.54, 1.807) is 0 Å². The Hall–Kier alpha value is -1.88. The van der Waals surface area contributed by atoms with Gasteiger partial charge in [-0.25, -0.2) is 0 Å². The summed E-state index contributed by atoms with van der Waals surface area (Å²) >= 11 is 0. The molecular weight excluding hydrogens is 292 g/mol. The third-order valence-corrected chi connectivity index (χ3v) is 4.65. The van der Waals surface area contributed by atoms with Gasteiger partial charge in [0.2, 0.25) is 5.91 Å². The number of amides is 1. The molecule has 23 heavy (non-hydrogen) atoms. The van der Waals surface area contributed by atoms with Crippen molar-refractivity contribution >= 4 is 11.9 Å². The van der Waals surface area contributed by atoms with Crippen molar-refractivity contribution in [2.75, 3.05) is 13.6 Å². The highest BCUT2D eigenvalue weighted by atomic mass is 16.4. The Morgan fingerprint density at radius 3 is 2.39 bits per heavy atom. The molecule has 1 aliphatic rings. The van der Waals surface area contributed by atoms with E-state index in [0.29, 0.717) is 6.54 Å². The molecule has 2 N–H and O–H groups in total. The lowest BCUT2D eigenvalue weighted by atomic mass is 10.1. The highest BCUT2D eigenvalue weighted by Crippen LogP contribution is 2.58. The van der Waals surface area contributed by atoms with E-state index in [2.05, 4.69) is 22.3 Å². The Morgan fingerprint density at radius 2 is 1.87 bits per heavy atom. The van der Waals surface area contributed by atoms with Gasteiger partial charge in [-0.3, -0.25) is 9.59 Å². The van der Waals surface area contributed by atoms with E-state index in [1.807, 2.05) is 46.0 Å². The van der Waals surface area contributed by atoms with Crippen LogP contribution in [-0.4, -0.2) is 41.5 Å². The highest BCUT2D eigenvalue weighted by Gasteiger charge is 2.65. The van der Waals surface area contributed by atoms with Crippen LogP contribution in [0.5, 0.6) is 0 Å². The first-order valence-electron chi connectivity index (χ1n) is 7.99. The molecule has 0 aromatic heterocycles. The maximum absolute atomic E-state index is 12.3. The van der Waals surface area contributed by atoms with Gasteiger partial charge in [0.25, 0.3) is 0 Å². The zero-order chi connectivity index (χ0) is 17.2. The SMILES string of the molecule is CC(CN(C)Cc1ccccc1)NC(=O)[C@@H]1[C@H](C(=O)O)C1(C)C. The number of hydrogen-bond acceptors (Lipinski definition) is 3. The topological polar surface area (TPSA) is 69.6 Å². The van der Waals surface area contributed by atoms with E-state index in [0.717, 1.165) is 6.54 Å². The van der Waals surface area contributed by atoms with E-state index in [4.69, 9.17) is 5.11 Å². The standard InChI is InChI=1S/C18H26N2O3/c1-12(10-20(4)11-13-8-6-5-7-9-13)19-16(21)14-15(17(22)23)18(14,2)3/h5-9,12,14-15H,10-11H2,1-4H3,(H,19,21)(H,22,23)/t12?,14-,15+/m0/s1. The van der Waals surface area contributed by atoms with Gasteiger partial charge >= 0.3 is 5.97 Å². The zero-order valence-corrected chi connectivity index (χ0v) is 14.2. The van der Waals surface area contributed by atoms with Crippen LogP contribution < -0.4 is 5.32 Å². The van der Waals surface area contributed by atoms with Crippen LogP contribution >= 0.6 is 0 Å². The Kier molecular flexibility index (Phi) is 5.09. The van der Waals surface area contributed by atoms with Crippen LogP contribution in [0, 0.1) is 17.3 Å². The molecule has 1 aromatic rings. The molecule has 126 valence electrons. The molecule has 0 bridgehead atoms. The summed E-state index contributed by atoms with van der Waals surface area (Å²) in [6, 6.07) is 10.1. The van der Waals surface area contributed by atoms with Gasteiger partial charge in [-0.2, -0.15) is 0 Å². The number of carbonyl (C=O) groups is 2. The molecule has 5 nitrogen and oxygen atoms in total. The van der Waals surface area contributed by atoms with Crippen LogP contribution in [0.15, 0.2) is 30.3 Å². The van der Waals surface area contributed by atoms with Gasteiger partial charge in [0, 0.05) is 19.1 Å². The van der Waals surface area contributed by atoms with E-state index in [1.165, 1.54) is 5.56 Å². The van der Waals surface area contributed by atoms with Crippen LogP contribution in [0.2, 0.25) is 0 Å². The van der Waals surface area contributed by atoms with Crippen LogP contribution in [0.1, 0.15) is 26.3 Å². The third-order valence-electron chi connectivity index (χ3n) is 4.65. The molecule has 1 aromatic carbocycles. The lowest BCUT2D eigenvalue weighted by molar-refractivity contribution is -0.140. The van der Waals surface area contributed by atoms with Crippen LogP contribution in [-0.2, 0) is 16.1 Å². The van der Waals surface area contributed by atoms with E-state index < -0.39 is 23.2 Å². The van der Waals surface area contributed by atoms with Crippen molar-refractivity contribution in [3.63, 3.8) is 0 Å². The largest absolute Gasteiger partial charge is 0.481 e. The van der Waals surface area contributed by atoms with Gasteiger partial charge in [0.05, 0.1) is 11.8 Å². The van der Waals surface area contributed by atoms with Gasteiger partial charge in [0.15, 0.2) is 0 Å². The number of hydrogen-bond donors (Lipinski definition) is 2. The second kappa shape index (κ2) is 6.71. The number of nitrogens with zero attached hydrogens (tertiary/aromatic N) is 1. The number of carboxylic acids is 1. The summed E-state index contributed by atoms with van der Waals surface area (Å²) in [5, 5.41) is 12.1. The first-order valence-corrected chi connectivity index (χ1v) is 7.99. The van der Waals surface area contributed by atoms with Gasteiger partial charge in [0.1, 0.15) is 0 Å². The smallest absolute Gasteiger partial charge is 0.307 e. The summed E-state index contributed by atoms with van der Waals surface area (Å²) in [4.78, 5) is 25.6. The molecule has 0 saturated heterocycles. The second-order valence-corrected chi connectivity index (χ2v) is 7.21. The monoisotopic (exact) mass is 318 g/mol. The minimum atomic E-state index is -0.885. The van der Waals surface area contributed by atoms with Crippen molar-refractivity contribution in [1.29, 1.82) is 0 Å². The summed E-state index contributed by atoms with van der Waals surface area (Å²) in [5.74, 6) is -2.04. The fourth-order valence-corrected chi connectivity index (χ4v) is 3.39. The maximum atomic E-state index is 12.3. The fraction of sp³-hybridized carbons (Fsp3) is 0.556. The first-order chi connectivity index (χ1) is 10.7. The molecular formula is C18H26N2O3. The molecule has 1 fully saturated rings. The molecule has 3 atom stereocenters. The number of rotatable bonds is 7. The molecule has 0 spiro atoms. The lowest BCUT2D eigenvalue weighted by Gasteiger charge is -2.22. The predicted octanol–water partition coefficient (Wildman–Crippen LogP) is 1.98. The Balaban J connectivity index is 1.82. The van der Waals surface area contributed by atoms with Crippen molar-refractivity contribution < 1.29 is 14.7 Å². The Bertz CT molecular complexity index is 571. The van der Waals surface area contributed by atoms with Gasteiger partial charge < -0.3 is 15.3 Å². The van der Waals surface area contributed by atoms with E-state index >= 15 is 0 Å². The third kappa shape index (κ3) is 4.10. The summed E-state index contributed by atoms with van der Waals surface area (Å²) in [6.07, 6.45) is 0. The number of aliphatic carboxylic acids is 1. The van der Waals surface area contributed by atoms with Crippen LogP contribution in [0.25, 0.3) is 0 Å². The number of likely N-dealkylation sites (N-methyl/N-ethyl adjacent to an activating group) is 1. The average molecular weight is 318 g/mol. The van der Waals surface area contributed by atoms with Crippen molar-refractivity contribution in [3.05, 3.63) is 35.9 Å². The van der Waals surface area contributed by atoms with E-state index in [9.17, 15) is 9.59 Å². The number of carbonyl (C=O) groups excluding carboxylic acids is 1. The first kappa shape index (κ1) is 17.5. The second-order valence-electron chi connectivity index (χ2n) is 7.21. The number of carboxylic acid groups (broad SMARTS) is 1. The lowest BCUT2D eigenvalue weighted by Crippen LogP contribution is -2.41. The summed E-state index contributed by atoms with van der Waals surface area (Å²) in [7, 11) is 2.01. The van der Waals surface area contributed by atoms with Crippen LogP contribution in [0.4, 0.5) is 0 Å². The van der Waals surface area contributed by atoms with Crippen LogP contribution in [0.3, 0.4) is 0 Å². The molecule has 5 heteroatoms. The molecule has 0 radical (unpaired) electrons. The predicted molar refractivity (Wildman–Crippen MR) is 88.8 cm³/mol. The minimum Gasteiger partial charge on any atom is -0.481 e. The van der Waals surface area contributed by atoms with Gasteiger partial charge in [-0.1, -0.05) is 44.2 Å². The van der Waals surface area contributed by atoms with Gasteiger partial charge in [-0.15, -0.1) is 0 Å². The number of benzene rings is 1. The molecule has 0 aliphatic heterocycles. The van der Waals surface area contributed by atoms with Gasteiger partial charge in [-0.05, 0) is 24.9 Å². The van der Waals surface area contributed by atoms with Crippen molar-refractivity contribution in [2.45, 2.75) is 33.4 Å². The van der Waals surface area contributed by atoms with Crippen molar-refractivity contribution in [2.24, 2.45) is 17.3 Å². The van der Waals surface area contributed by atoms with E-state index in [-0.39, 0.29) is 11.9 Å². The Labute approximate surface area is 137 Å². The number of nitrogens with one attached hydrogen (secondary N) is 1. The molecule has 0 heterocycles. The maximum Gasteiger partial charge on any atom is 0.307 e. The summed E-state index contributed by atoms with van der Waals surface area (Å²) in [6.45, 7) is 7.15. The fourth-order valence-electron chi connectivity index (χ4n) is 3.39. The summed E-state index contributed by atoms with van der Waals surface area (Å²) < 4.78 is 0. The quantitative estimate of drug-likeness (QED) is 0.806. The summed E-state index contributed by atoms with van der Waals surface area (Å²) in [5.41, 5.74) is 0.772. The average Bonchev–Trinajstić information content (AvgIpc) is 3.02. The molecule has 1 aliphatic carbocycles. The van der Waals surface area contributed by atoms with Crippen molar-refractivity contribution in [3.8, 4) is 0 Å². The normalized spacial score (nSPS) is 23.3. The molecule has 1 amide bonds. The minimum absolute atomic E-state index is 0.0259. The highest BCUT2D eigenvalue weighted by molar-refractivity contribution is 5.91.